The zero-order chi connectivity index (χ0) is 26.9. The Morgan fingerprint density at radius 1 is 0.784 bits per heavy atom. The molecular formula is C27H26N4O6. The molecule has 0 bridgehead atoms. The van der Waals surface area contributed by atoms with E-state index < -0.39 is 17.8 Å². The summed E-state index contributed by atoms with van der Waals surface area (Å²) in [7, 11) is 1.44. The fourth-order valence-corrected chi connectivity index (χ4v) is 3.21. The molecule has 0 spiro atoms. The van der Waals surface area contributed by atoms with Crippen LogP contribution in [0.5, 0.6) is 11.5 Å². The Balaban J connectivity index is 1.63. The first kappa shape index (κ1) is 26.6. The summed E-state index contributed by atoms with van der Waals surface area (Å²) in [6.45, 7) is 4.83. The van der Waals surface area contributed by atoms with Gasteiger partial charge in [0, 0.05) is 23.9 Å². The molecule has 3 aromatic rings. The van der Waals surface area contributed by atoms with Gasteiger partial charge in [0.05, 0.1) is 18.4 Å². The third-order valence-corrected chi connectivity index (χ3v) is 5.14. The topological polar surface area (TPSA) is 135 Å². The maximum Gasteiger partial charge on any atom is 0.343 e. The quantitative estimate of drug-likeness (QED) is 0.148. The van der Waals surface area contributed by atoms with Crippen LogP contribution in [0, 0.1) is 6.92 Å². The zero-order valence-corrected chi connectivity index (χ0v) is 20.7. The lowest BCUT2D eigenvalue weighted by Crippen LogP contribution is -2.32. The number of nitrogens with zero attached hydrogens (tertiary/aromatic N) is 1. The van der Waals surface area contributed by atoms with Crippen LogP contribution in [0.1, 0.15) is 35.3 Å². The second-order valence-corrected chi connectivity index (χ2v) is 7.92. The summed E-state index contributed by atoms with van der Waals surface area (Å²) in [5, 5.41) is 9.02. The smallest absolute Gasteiger partial charge is 0.343 e. The van der Waals surface area contributed by atoms with Crippen LogP contribution < -0.4 is 25.5 Å². The zero-order valence-electron chi connectivity index (χ0n) is 20.7. The van der Waals surface area contributed by atoms with E-state index in [1.807, 2.05) is 19.1 Å². The first-order chi connectivity index (χ1) is 17.7. The number of nitrogens with one attached hydrogen (secondary N) is 3. The number of ether oxygens (including phenoxy) is 2. The van der Waals surface area contributed by atoms with E-state index in [-0.39, 0.29) is 11.7 Å². The van der Waals surface area contributed by atoms with E-state index in [0.29, 0.717) is 34.0 Å². The van der Waals surface area contributed by atoms with Gasteiger partial charge in [0.1, 0.15) is 0 Å². The monoisotopic (exact) mass is 502 g/mol. The standard InChI is InChI=1S/C27H26N4O6/c1-16-7-5-6-8-22(16)27(35)37-23-14-9-19(15-24(23)36-4)17(2)30-31-26(34)25(33)29-21-12-10-20(11-13-21)28-18(3)32/h5-15H,1-4H3,(H,28,32)(H,29,33)(H,31,34)/b30-17+. The fraction of sp³-hybridized carbons (Fsp3) is 0.148. The van der Waals surface area contributed by atoms with E-state index in [2.05, 4.69) is 21.2 Å². The highest BCUT2D eigenvalue weighted by Crippen LogP contribution is 2.29. The van der Waals surface area contributed by atoms with Crippen molar-refractivity contribution in [1.82, 2.24) is 5.43 Å². The van der Waals surface area contributed by atoms with Crippen LogP contribution in [0.4, 0.5) is 11.4 Å². The number of anilines is 2. The van der Waals surface area contributed by atoms with Crippen LogP contribution in [-0.2, 0) is 14.4 Å². The van der Waals surface area contributed by atoms with E-state index in [4.69, 9.17) is 9.47 Å². The molecule has 0 aromatic heterocycles. The SMILES string of the molecule is COc1cc(/C(C)=N/NC(=O)C(=O)Nc2ccc(NC(C)=O)cc2)ccc1OC(=O)c1ccccc1C. The van der Waals surface area contributed by atoms with E-state index in [1.54, 1.807) is 61.5 Å². The highest BCUT2D eigenvalue weighted by molar-refractivity contribution is 6.39. The lowest BCUT2D eigenvalue weighted by atomic mass is 10.1. The van der Waals surface area contributed by atoms with Gasteiger partial charge in [0.15, 0.2) is 11.5 Å². The Labute approximate surface area is 213 Å². The number of hydrogen-bond donors (Lipinski definition) is 3. The molecule has 0 aliphatic rings. The Kier molecular flexibility index (Phi) is 8.71. The molecule has 0 heterocycles. The molecule has 190 valence electrons. The van der Waals surface area contributed by atoms with Crippen molar-refractivity contribution in [3.8, 4) is 11.5 Å². The molecule has 3 aromatic carbocycles. The van der Waals surface area contributed by atoms with Crippen LogP contribution in [0.2, 0.25) is 0 Å². The molecular weight excluding hydrogens is 476 g/mol. The summed E-state index contributed by atoms with van der Waals surface area (Å²) in [5.74, 6) is -2.11. The number of carbonyl (C=O) groups is 4. The molecule has 0 aliphatic heterocycles. The normalized spacial score (nSPS) is 10.8. The molecule has 10 nitrogen and oxygen atoms in total. The van der Waals surface area contributed by atoms with Crippen LogP contribution >= 0.6 is 0 Å². The Bertz CT molecular complexity index is 1370. The predicted octanol–water partition coefficient (Wildman–Crippen LogP) is 3.66. The Hall–Kier alpha value is -4.99. The molecule has 3 rings (SSSR count). The number of esters is 1. The first-order valence-electron chi connectivity index (χ1n) is 11.2. The van der Waals surface area contributed by atoms with Gasteiger partial charge >= 0.3 is 17.8 Å². The van der Waals surface area contributed by atoms with Crippen molar-refractivity contribution in [1.29, 1.82) is 0 Å². The molecule has 0 aliphatic carbocycles. The van der Waals surface area contributed by atoms with Crippen molar-refractivity contribution in [2.24, 2.45) is 5.10 Å². The summed E-state index contributed by atoms with van der Waals surface area (Å²) in [4.78, 5) is 48.0. The number of rotatable bonds is 7. The average molecular weight is 503 g/mol. The van der Waals surface area contributed by atoms with Crippen LogP contribution in [0.15, 0.2) is 71.8 Å². The number of hydrazone groups is 1. The molecule has 3 amide bonds. The number of amides is 3. The molecule has 10 heteroatoms. The van der Waals surface area contributed by atoms with Gasteiger partial charge in [0.25, 0.3) is 0 Å². The minimum absolute atomic E-state index is 0.222. The molecule has 0 radical (unpaired) electrons. The number of hydrogen-bond acceptors (Lipinski definition) is 7. The van der Waals surface area contributed by atoms with Crippen LogP contribution in [0.25, 0.3) is 0 Å². The molecule has 0 atom stereocenters. The average Bonchev–Trinajstić information content (AvgIpc) is 2.88. The summed E-state index contributed by atoms with van der Waals surface area (Å²) in [5.41, 5.74) is 5.31. The Morgan fingerprint density at radius 2 is 1.43 bits per heavy atom. The second kappa shape index (κ2) is 12.1. The number of methoxy groups -OCH3 is 1. The lowest BCUT2D eigenvalue weighted by molar-refractivity contribution is -0.136. The van der Waals surface area contributed by atoms with Crippen molar-refractivity contribution in [2.75, 3.05) is 17.7 Å². The van der Waals surface area contributed by atoms with E-state index in [0.717, 1.165) is 5.56 Å². The van der Waals surface area contributed by atoms with Crippen molar-refractivity contribution < 1.29 is 28.7 Å². The Morgan fingerprint density at radius 3 is 2.05 bits per heavy atom. The van der Waals surface area contributed by atoms with Gasteiger partial charge in [-0.2, -0.15) is 5.10 Å². The molecule has 0 unspecified atom stereocenters. The maximum atomic E-state index is 12.5. The lowest BCUT2D eigenvalue weighted by Gasteiger charge is -2.12. The van der Waals surface area contributed by atoms with Crippen molar-refractivity contribution >= 4 is 40.8 Å². The second-order valence-electron chi connectivity index (χ2n) is 7.92. The summed E-state index contributed by atoms with van der Waals surface area (Å²) in [6, 6.07) is 18.1. The molecule has 0 saturated heterocycles. The van der Waals surface area contributed by atoms with Crippen LogP contribution in [0.3, 0.4) is 0 Å². The van der Waals surface area contributed by atoms with E-state index in [1.165, 1.54) is 14.0 Å². The molecule has 0 fully saturated rings. The maximum absolute atomic E-state index is 12.5. The predicted molar refractivity (Wildman–Crippen MR) is 139 cm³/mol. The molecule has 37 heavy (non-hydrogen) atoms. The van der Waals surface area contributed by atoms with Gasteiger partial charge in [-0.05, 0) is 67.9 Å². The van der Waals surface area contributed by atoms with E-state index in [9.17, 15) is 19.2 Å². The van der Waals surface area contributed by atoms with Crippen molar-refractivity contribution in [3.63, 3.8) is 0 Å². The van der Waals surface area contributed by atoms with Gasteiger partial charge in [-0.25, -0.2) is 10.2 Å². The highest BCUT2D eigenvalue weighted by atomic mass is 16.6. The highest BCUT2D eigenvalue weighted by Gasteiger charge is 2.16. The fourth-order valence-electron chi connectivity index (χ4n) is 3.21. The van der Waals surface area contributed by atoms with Gasteiger partial charge in [-0.15, -0.1) is 0 Å². The van der Waals surface area contributed by atoms with E-state index >= 15 is 0 Å². The number of carbonyl (C=O) groups excluding carboxylic acids is 4. The third kappa shape index (κ3) is 7.25. The van der Waals surface area contributed by atoms with Gasteiger partial charge in [0.2, 0.25) is 5.91 Å². The minimum atomic E-state index is -0.971. The minimum Gasteiger partial charge on any atom is -0.493 e. The number of benzene rings is 3. The van der Waals surface area contributed by atoms with Gasteiger partial charge in [-0.1, -0.05) is 18.2 Å². The third-order valence-electron chi connectivity index (χ3n) is 5.14. The largest absolute Gasteiger partial charge is 0.493 e. The number of aryl methyl sites for hydroxylation is 1. The van der Waals surface area contributed by atoms with Gasteiger partial charge in [-0.3, -0.25) is 14.4 Å². The summed E-state index contributed by atoms with van der Waals surface area (Å²) in [6.07, 6.45) is 0. The summed E-state index contributed by atoms with van der Waals surface area (Å²) >= 11 is 0. The summed E-state index contributed by atoms with van der Waals surface area (Å²) < 4.78 is 10.9. The van der Waals surface area contributed by atoms with Crippen LogP contribution in [-0.4, -0.2) is 36.5 Å². The first-order valence-corrected chi connectivity index (χ1v) is 11.2. The van der Waals surface area contributed by atoms with Crippen molar-refractivity contribution in [2.45, 2.75) is 20.8 Å². The molecule has 0 saturated carbocycles. The van der Waals surface area contributed by atoms with Gasteiger partial charge < -0.3 is 20.1 Å². The molecule has 3 N–H and O–H groups in total. The van der Waals surface area contributed by atoms with Crippen molar-refractivity contribution in [3.05, 3.63) is 83.4 Å².